The van der Waals surface area contributed by atoms with E-state index in [2.05, 4.69) is 4.72 Å². The summed E-state index contributed by atoms with van der Waals surface area (Å²) < 4.78 is 66.3. The molecule has 5 nitrogen and oxygen atoms in total. The molecule has 0 aromatic heterocycles. The Morgan fingerprint density at radius 2 is 1.68 bits per heavy atom. The van der Waals surface area contributed by atoms with Crippen LogP contribution >= 0.6 is 0 Å². The van der Waals surface area contributed by atoms with E-state index in [0.29, 0.717) is 29.8 Å². The van der Waals surface area contributed by atoms with E-state index in [4.69, 9.17) is 0 Å². The molecule has 3 aromatic carbocycles. The third kappa shape index (κ3) is 4.27. The van der Waals surface area contributed by atoms with Gasteiger partial charge in [-0.05, 0) is 60.5 Å². The molecule has 1 aliphatic heterocycles. The molecule has 0 fully saturated rings. The summed E-state index contributed by atoms with van der Waals surface area (Å²) >= 11 is 0. The number of sulfonamides is 1. The Kier molecular flexibility index (Phi) is 5.22. The van der Waals surface area contributed by atoms with Crippen molar-refractivity contribution in [2.45, 2.75) is 17.5 Å². The number of carbonyl (C=O) groups excluding carboxylic acids is 1. The molecule has 1 heterocycles. The molecule has 0 aliphatic carbocycles. The Morgan fingerprint density at radius 3 is 2.39 bits per heavy atom. The highest BCUT2D eigenvalue weighted by atomic mass is 32.2. The zero-order chi connectivity index (χ0) is 22.2. The second-order valence-electron chi connectivity index (χ2n) is 7.05. The van der Waals surface area contributed by atoms with E-state index in [9.17, 15) is 26.4 Å². The van der Waals surface area contributed by atoms with Gasteiger partial charge in [-0.3, -0.25) is 9.52 Å². The maximum absolute atomic E-state index is 12.9. The summed E-state index contributed by atoms with van der Waals surface area (Å²) in [6.45, 7) is 0.410. The van der Waals surface area contributed by atoms with Crippen LogP contribution < -0.4 is 9.62 Å². The number of anilines is 2. The SMILES string of the molecule is O=C(c1ccccc1)N1CCc2cc(S(=O)(=O)Nc3cccc(C(F)(F)F)c3)ccc21. The van der Waals surface area contributed by atoms with Gasteiger partial charge in [-0.1, -0.05) is 24.3 Å². The molecule has 1 N–H and O–H groups in total. The smallest absolute Gasteiger partial charge is 0.308 e. The minimum atomic E-state index is -4.58. The van der Waals surface area contributed by atoms with Gasteiger partial charge in [0.05, 0.1) is 10.5 Å². The van der Waals surface area contributed by atoms with Crippen LogP contribution in [0.1, 0.15) is 21.5 Å². The molecule has 0 unspecified atom stereocenters. The number of alkyl halides is 3. The highest BCUT2D eigenvalue weighted by molar-refractivity contribution is 7.92. The Bertz CT molecular complexity index is 1240. The molecule has 9 heteroatoms. The van der Waals surface area contributed by atoms with Crippen LogP contribution in [0, 0.1) is 0 Å². The van der Waals surface area contributed by atoms with Crippen LogP contribution in [0.5, 0.6) is 0 Å². The van der Waals surface area contributed by atoms with Gasteiger partial charge in [-0.25, -0.2) is 8.42 Å². The van der Waals surface area contributed by atoms with Gasteiger partial charge in [0.15, 0.2) is 0 Å². The van der Waals surface area contributed by atoms with Crippen molar-refractivity contribution >= 4 is 27.3 Å². The molecule has 0 atom stereocenters. The van der Waals surface area contributed by atoms with Crippen molar-refractivity contribution in [3.05, 3.63) is 89.5 Å². The first-order valence-electron chi connectivity index (χ1n) is 9.35. The third-order valence-corrected chi connectivity index (χ3v) is 6.34. The monoisotopic (exact) mass is 446 g/mol. The summed E-state index contributed by atoms with van der Waals surface area (Å²) in [5.74, 6) is -0.183. The molecule has 0 radical (unpaired) electrons. The van der Waals surface area contributed by atoms with Crippen molar-refractivity contribution in [1.29, 1.82) is 0 Å². The topological polar surface area (TPSA) is 66.5 Å². The number of halogens is 3. The van der Waals surface area contributed by atoms with E-state index in [1.807, 2.05) is 6.07 Å². The summed E-state index contributed by atoms with van der Waals surface area (Å²) in [6.07, 6.45) is -4.11. The highest BCUT2D eigenvalue weighted by Crippen LogP contribution is 2.33. The minimum Gasteiger partial charge on any atom is -0.308 e. The summed E-state index contributed by atoms with van der Waals surface area (Å²) in [6, 6.07) is 17.1. The number of nitrogens with one attached hydrogen (secondary N) is 1. The average Bonchev–Trinajstić information content (AvgIpc) is 3.16. The van der Waals surface area contributed by atoms with Gasteiger partial charge in [0, 0.05) is 23.5 Å². The van der Waals surface area contributed by atoms with Crippen LogP contribution in [0.2, 0.25) is 0 Å². The van der Waals surface area contributed by atoms with Gasteiger partial charge >= 0.3 is 6.18 Å². The predicted octanol–water partition coefficient (Wildman–Crippen LogP) is 4.71. The molecule has 1 aliphatic rings. The van der Waals surface area contributed by atoms with Crippen molar-refractivity contribution in [2.24, 2.45) is 0 Å². The fraction of sp³-hybridized carbons (Fsp3) is 0.136. The zero-order valence-electron chi connectivity index (χ0n) is 16.1. The maximum Gasteiger partial charge on any atom is 0.416 e. The Hall–Kier alpha value is -3.33. The van der Waals surface area contributed by atoms with Crippen molar-refractivity contribution in [2.75, 3.05) is 16.2 Å². The minimum absolute atomic E-state index is 0.0855. The van der Waals surface area contributed by atoms with E-state index < -0.39 is 21.8 Å². The quantitative estimate of drug-likeness (QED) is 0.631. The summed E-state index contributed by atoms with van der Waals surface area (Å²) in [4.78, 5) is 14.2. The standard InChI is InChI=1S/C22H17F3N2O3S/c23-22(24,25)17-7-4-8-18(14-17)26-31(29,30)19-9-10-20-16(13-19)11-12-27(20)21(28)15-5-2-1-3-6-15/h1-10,13-14,26H,11-12H2. The number of nitrogens with zero attached hydrogens (tertiary/aromatic N) is 1. The van der Waals surface area contributed by atoms with Gasteiger partial charge in [0.2, 0.25) is 0 Å². The number of benzene rings is 3. The maximum atomic E-state index is 12.9. The summed E-state index contributed by atoms with van der Waals surface area (Å²) in [7, 11) is -4.11. The molecule has 160 valence electrons. The van der Waals surface area contributed by atoms with E-state index in [0.717, 1.165) is 18.2 Å². The predicted molar refractivity (Wildman–Crippen MR) is 111 cm³/mol. The van der Waals surface area contributed by atoms with Crippen LogP contribution in [0.4, 0.5) is 24.5 Å². The molecule has 0 spiro atoms. The van der Waals surface area contributed by atoms with Gasteiger partial charge in [0.1, 0.15) is 0 Å². The fourth-order valence-electron chi connectivity index (χ4n) is 3.47. The molecule has 0 saturated carbocycles. The van der Waals surface area contributed by atoms with E-state index in [1.54, 1.807) is 35.2 Å². The van der Waals surface area contributed by atoms with Crippen LogP contribution in [0.25, 0.3) is 0 Å². The third-order valence-electron chi connectivity index (χ3n) is 4.96. The summed E-state index contributed by atoms with van der Waals surface area (Å²) in [5.41, 5.74) is 0.689. The molecule has 3 aromatic rings. The van der Waals surface area contributed by atoms with Crippen LogP contribution in [0.3, 0.4) is 0 Å². The zero-order valence-corrected chi connectivity index (χ0v) is 16.9. The van der Waals surface area contributed by atoms with Gasteiger partial charge in [-0.2, -0.15) is 13.2 Å². The van der Waals surface area contributed by atoms with Gasteiger partial charge in [-0.15, -0.1) is 0 Å². The largest absolute Gasteiger partial charge is 0.416 e. The van der Waals surface area contributed by atoms with Crippen LogP contribution in [-0.2, 0) is 22.6 Å². The van der Waals surface area contributed by atoms with Gasteiger partial charge < -0.3 is 4.90 Å². The van der Waals surface area contributed by atoms with E-state index in [-0.39, 0.29) is 16.5 Å². The first kappa shape index (κ1) is 20.9. The van der Waals surface area contributed by atoms with E-state index in [1.165, 1.54) is 18.2 Å². The van der Waals surface area contributed by atoms with Crippen LogP contribution in [0.15, 0.2) is 77.7 Å². The lowest BCUT2D eigenvalue weighted by Crippen LogP contribution is -2.28. The number of hydrogen-bond acceptors (Lipinski definition) is 3. The molecule has 31 heavy (non-hydrogen) atoms. The first-order chi connectivity index (χ1) is 14.6. The number of amides is 1. The second kappa shape index (κ2) is 7.73. The van der Waals surface area contributed by atoms with Crippen molar-refractivity contribution < 1.29 is 26.4 Å². The normalized spacial score (nSPS) is 13.7. The Labute approximate surface area is 177 Å². The van der Waals surface area contributed by atoms with Crippen LogP contribution in [-0.4, -0.2) is 20.9 Å². The highest BCUT2D eigenvalue weighted by Gasteiger charge is 2.31. The number of hydrogen-bond donors (Lipinski definition) is 1. The molecule has 1 amide bonds. The lowest BCUT2D eigenvalue weighted by atomic mass is 10.1. The average molecular weight is 446 g/mol. The lowest BCUT2D eigenvalue weighted by molar-refractivity contribution is -0.137. The second-order valence-corrected chi connectivity index (χ2v) is 8.73. The molecule has 4 rings (SSSR count). The lowest BCUT2D eigenvalue weighted by Gasteiger charge is -2.18. The molecular formula is C22H17F3N2O3S. The number of fused-ring (bicyclic) bond motifs is 1. The summed E-state index contributed by atoms with van der Waals surface area (Å²) in [5, 5.41) is 0. The molecule has 0 bridgehead atoms. The number of rotatable bonds is 4. The number of carbonyl (C=O) groups is 1. The Morgan fingerprint density at radius 1 is 0.935 bits per heavy atom. The van der Waals surface area contributed by atoms with Crippen molar-refractivity contribution in [3.63, 3.8) is 0 Å². The van der Waals surface area contributed by atoms with E-state index >= 15 is 0 Å². The Balaban J connectivity index is 1.59. The van der Waals surface area contributed by atoms with Crippen molar-refractivity contribution in [1.82, 2.24) is 0 Å². The van der Waals surface area contributed by atoms with Crippen molar-refractivity contribution in [3.8, 4) is 0 Å². The van der Waals surface area contributed by atoms with Gasteiger partial charge in [0.25, 0.3) is 15.9 Å². The molecule has 0 saturated heterocycles. The fourth-order valence-corrected chi connectivity index (χ4v) is 4.57. The first-order valence-corrected chi connectivity index (χ1v) is 10.8. The molecular weight excluding hydrogens is 429 g/mol.